The van der Waals surface area contributed by atoms with Gasteiger partial charge in [0.25, 0.3) is 0 Å². The van der Waals surface area contributed by atoms with Crippen LogP contribution in [-0.4, -0.2) is 12.0 Å². The quantitative estimate of drug-likeness (QED) is 0.859. The predicted octanol–water partition coefficient (Wildman–Crippen LogP) is 2.28. The largest absolute Gasteiger partial charge is 0.484 e. The number of aromatic nitrogens is 1. The van der Waals surface area contributed by atoms with Crippen LogP contribution in [0.25, 0.3) is 0 Å². The number of pyridine rings is 1. The Kier molecular flexibility index (Phi) is 3.77. The Labute approximate surface area is 101 Å². The molecule has 2 rings (SSSR count). The second-order valence-electron chi connectivity index (χ2n) is 3.82. The Bertz CT molecular complexity index is 463. The molecule has 0 fully saturated rings. The lowest BCUT2D eigenvalue weighted by atomic mass is 10.2. The molecule has 4 nitrogen and oxygen atoms in total. The van der Waals surface area contributed by atoms with Gasteiger partial charge in [0.1, 0.15) is 18.1 Å². The van der Waals surface area contributed by atoms with Gasteiger partial charge in [0.15, 0.2) is 0 Å². The van der Waals surface area contributed by atoms with Crippen LogP contribution >= 0.6 is 0 Å². The maximum atomic E-state index is 5.61. The normalized spacial score (nSPS) is 10.5. The highest BCUT2D eigenvalue weighted by atomic mass is 16.5. The molecule has 0 aromatic carbocycles. The van der Waals surface area contributed by atoms with Gasteiger partial charge in [-0.2, -0.15) is 0 Å². The summed E-state index contributed by atoms with van der Waals surface area (Å²) in [4.78, 5) is 4.17. The lowest BCUT2D eigenvalue weighted by molar-refractivity contribution is 0.267. The van der Waals surface area contributed by atoms with Crippen molar-refractivity contribution in [3.8, 4) is 5.75 Å². The minimum Gasteiger partial charge on any atom is -0.484 e. The minimum absolute atomic E-state index is 0.425. The van der Waals surface area contributed by atoms with Gasteiger partial charge in [-0.1, -0.05) is 0 Å². The molecule has 0 aliphatic rings. The van der Waals surface area contributed by atoms with Crippen LogP contribution in [0, 0.1) is 6.92 Å². The van der Waals surface area contributed by atoms with Crippen LogP contribution < -0.4 is 10.1 Å². The van der Waals surface area contributed by atoms with Crippen molar-refractivity contribution in [3.63, 3.8) is 0 Å². The van der Waals surface area contributed by atoms with Crippen LogP contribution in [0.15, 0.2) is 35.1 Å². The van der Waals surface area contributed by atoms with E-state index in [1.165, 1.54) is 0 Å². The number of aryl methyl sites for hydroxylation is 1. The lowest BCUT2D eigenvalue weighted by Gasteiger charge is -2.05. The summed E-state index contributed by atoms with van der Waals surface area (Å²) in [6.07, 6.45) is 3.40. The number of nitrogens with zero attached hydrogens (tertiary/aromatic N) is 1. The van der Waals surface area contributed by atoms with Gasteiger partial charge in [-0.15, -0.1) is 0 Å². The molecule has 2 aromatic heterocycles. The van der Waals surface area contributed by atoms with Crippen LogP contribution in [0.3, 0.4) is 0 Å². The van der Waals surface area contributed by atoms with Gasteiger partial charge in [0, 0.05) is 17.8 Å². The number of ether oxygens (including phenoxy) is 1. The molecule has 0 aliphatic heterocycles. The molecule has 0 saturated carbocycles. The molecule has 4 heteroatoms. The first-order valence-electron chi connectivity index (χ1n) is 5.55. The van der Waals surface area contributed by atoms with Crippen molar-refractivity contribution in [1.29, 1.82) is 0 Å². The molecule has 0 radical (unpaired) electrons. The van der Waals surface area contributed by atoms with Crippen LogP contribution in [0.4, 0.5) is 0 Å². The van der Waals surface area contributed by atoms with Crippen molar-refractivity contribution >= 4 is 0 Å². The number of nitrogens with one attached hydrogen (secondary N) is 1. The topological polar surface area (TPSA) is 47.3 Å². The van der Waals surface area contributed by atoms with Gasteiger partial charge < -0.3 is 14.5 Å². The zero-order chi connectivity index (χ0) is 12.1. The Morgan fingerprint density at radius 3 is 2.94 bits per heavy atom. The number of hydrogen-bond acceptors (Lipinski definition) is 4. The van der Waals surface area contributed by atoms with Crippen LogP contribution in [0.1, 0.15) is 17.0 Å². The van der Waals surface area contributed by atoms with Crippen LogP contribution in [0.2, 0.25) is 0 Å². The van der Waals surface area contributed by atoms with Gasteiger partial charge in [0.2, 0.25) is 0 Å². The summed E-state index contributed by atoms with van der Waals surface area (Å²) in [5.74, 6) is 1.60. The van der Waals surface area contributed by atoms with Crippen LogP contribution in [-0.2, 0) is 13.2 Å². The highest BCUT2D eigenvalue weighted by molar-refractivity contribution is 5.21. The fraction of sp³-hybridized carbons (Fsp3) is 0.308. The smallest absolute Gasteiger partial charge is 0.146 e. The fourth-order valence-corrected chi connectivity index (χ4v) is 1.53. The molecule has 90 valence electrons. The Hall–Kier alpha value is -1.81. The first-order valence-corrected chi connectivity index (χ1v) is 5.55. The zero-order valence-electron chi connectivity index (χ0n) is 10.1. The van der Waals surface area contributed by atoms with Crippen molar-refractivity contribution in [3.05, 3.63) is 47.7 Å². The lowest BCUT2D eigenvalue weighted by Crippen LogP contribution is -2.07. The van der Waals surface area contributed by atoms with Gasteiger partial charge >= 0.3 is 0 Å². The highest BCUT2D eigenvalue weighted by Crippen LogP contribution is 2.15. The van der Waals surface area contributed by atoms with E-state index < -0.39 is 0 Å². The summed E-state index contributed by atoms with van der Waals surface area (Å²) in [5, 5.41) is 3.09. The van der Waals surface area contributed by atoms with Crippen molar-refractivity contribution in [1.82, 2.24) is 10.3 Å². The van der Waals surface area contributed by atoms with Gasteiger partial charge in [0.05, 0.1) is 12.5 Å². The zero-order valence-corrected chi connectivity index (χ0v) is 10.1. The fourth-order valence-electron chi connectivity index (χ4n) is 1.53. The van der Waals surface area contributed by atoms with Gasteiger partial charge in [-0.05, 0) is 32.2 Å². The van der Waals surface area contributed by atoms with Gasteiger partial charge in [-0.3, -0.25) is 4.98 Å². The van der Waals surface area contributed by atoms with Crippen molar-refractivity contribution < 1.29 is 9.15 Å². The summed E-state index contributed by atoms with van der Waals surface area (Å²) >= 11 is 0. The molecule has 2 aromatic rings. The van der Waals surface area contributed by atoms with E-state index >= 15 is 0 Å². The van der Waals surface area contributed by atoms with E-state index in [0.717, 1.165) is 29.3 Å². The average molecular weight is 232 g/mol. The summed E-state index contributed by atoms with van der Waals surface area (Å²) in [5.41, 5.74) is 2.10. The summed E-state index contributed by atoms with van der Waals surface area (Å²) in [7, 11) is 1.90. The molecule has 0 bridgehead atoms. The maximum Gasteiger partial charge on any atom is 0.146 e. The van der Waals surface area contributed by atoms with E-state index in [4.69, 9.17) is 9.15 Å². The van der Waals surface area contributed by atoms with Gasteiger partial charge in [-0.25, -0.2) is 0 Å². The van der Waals surface area contributed by atoms with E-state index in [2.05, 4.69) is 10.3 Å². The standard InChI is InChI=1S/C13H16N2O2/c1-10-3-4-12(8-15-10)17-9-13-11(7-14-2)5-6-16-13/h3-6,8,14H,7,9H2,1-2H3. The van der Waals surface area contributed by atoms with Crippen LogP contribution in [0.5, 0.6) is 5.75 Å². The number of furan rings is 1. The second kappa shape index (κ2) is 5.50. The SMILES string of the molecule is CNCc1ccoc1COc1ccc(C)nc1. The summed E-state index contributed by atoms with van der Waals surface area (Å²) in [6.45, 7) is 3.15. The highest BCUT2D eigenvalue weighted by Gasteiger charge is 2.06. The predicted molar refractivity (Wildman–Crippen MR) is 64.8 cm³/mol. The van der Waals surface area contributed by atoms with E-state index in [0.29, 0.717) is 6.61 Å². The van der Waals surface area contributed by atoms with Crippen molar-refractivity contribution in [2.75, 3.05) is 7.05 Å². The van der Waals surface area contributed by atoms with E-state index in [1.807, 2.05) is 32.2 Å². The monoisotopic (exact) mass is 232 g/mol. The first kappa shape index (κ1) is 11.7. The summed E-state index contributed by atoms with van der Waals surface area (Å²) < 4.78 is 11.0. The third kappa shape index (κ3) is 3.07. The Morgan fingerprint density at radius 2 is 2.24 bits per heavy atom. The maximum absolute atomic E-state index is 5.61. The molecule has 0 aliphatic carbocycles. The molecule has 0 atom stereocenters. The Balaban J connectivity index is 1.97. The summed E-state index contributed by atoms with van der Waals surface area (Å²) in [6, 6.07) is 5.78. The third-order valence-electron chi connectivity index (χ3n) is 2.46. The van der Waals surface area contributed by atoms with E-state index in [9.17, 15) is 0 Å². The first-order chi connectivity index (χ1) is 8.29. The molecule has 17 heavy (non-hydrogen) atoms. The number of hydrogen-bond donors (Lipinski definition) is 1. The average Bonchev–Trinajstić information content (AvgIpc) is 2.77. The second-order valence-corrected chi connectivity index (χ2v) is 3.82. The van der Waals surface area contributed by atoms with Crippen molar-refractivity contribution in [2.45, 2.75) is 20.1 Å². The molecule has 2 heterocycles. The van der Waals surface area contributed by atoms with E-state index in [-0.39, 0.29) is 0 Å². The van der Waals surface area contributed by atoms with E-state index in [1.54, 1.807) is 12.5 Å². The third-order valence-corrected chi connectivity index (χ3v) is 2.46. The molecule has 0 unspecified atom stereocenters. The molecule has 0 amide bonds. The minimum atomic E-state index is 0.425. The van der Waals surface area contributed by atoms with Crippen molar-refractivity contribution in [2.24, 2.45) is 0 Å². The molecule has 0 spiro atoms. The molecular formula is C13H16N2O2. The number of rotatable bonds is 5. The molecule has 0 saturated heterocycles. The molecule has 1 N–H and O–H groups in total. The Morgan fingerprint density at radius 1 is 1.35 bits per heavy atom. The molecular weight excluding hydrogens is 216 g/mol.